The van der Waals surface area contributed by atoms with E-state index in [1.807, 2.05) is 18.3 Å². The summed E-state index contributed by atoms with van der Waals surface area (Å²) in [5.74, 6) is 6.69. The minimum absolute atomic E-state index is 0.0707. The number of aryl methyl sites for hydroxylation is 1. The lowest BCUT2D eigenvalue weighted by Gasteiger charge is -2.35. The predicted molar refractivity (Wildman–Crippen MR) is 141 cm³/mol. The van der Waals surface area contributed by atoms with Crippen LogP contribution in [0.3, 0.4) is 0 Å². The molecule has 1 saturated heterocycles. The Morgan fingerprint density at radius 1 is 1.22 bits per heavy atom. The molecule has 0 aliphatic carbocycles. The molecule has 3 aromatic heterocycles. The number of amides is 1. The van der Waals surface area contributed by atoms with Gasteiger partial charge >= 0.3 is 0 Å². The van der Waals surface area contributed by atoms with Crippen molar-refractivity contribution >= 4 is 27.8 Å². The van der Waals surface area contributed by atoms with Gasteiger partial charge in [-0.15, -0.1) is 0 Å². The van der Waals surface area contributed by atoms with Crippen LogP contribution in [0, 0.1) is 18.8 Å². The average molecular weight is 483 g/mol. The first-order valence-corrected chi connectivity index (χ1v) is 12.4. The quantitative estimate of drug-likeness (QED) is 0.435. The van der Waals surface area contributed by atoms with Crippen molar-refractivity contribution in [3.8, 4) is 11.8 Å². The zero-order valence-electron chi connectivity index (χ0n) is 20.8. The minimum atomic E-state index is -0.446. The zero-order chi connectivity index (χ0) is 25.2. The van der Waals surface area contributed by atoms with Crippen molar-refractivity contribution in [2.45, 2.75) is 45.7 Å². The monoisotopic (exact) mass is 482 g/mol. The number of rotatable bonds is 4. The van der Waals surface area contributed by atoms with Gasteiger partial charge in [-0.2, -0.15) is 0 Å². The van der Waals surface area contributed by atoms with Crippen molar-refractivity contribution in [3.63, 3.8) is 0 Å². The summed E-state index contributed by atoms with van der Waals surface area (Å²) in [6.07, 6.45) is 5.54. The van der Waals surface area contributed by atoms with Gasteiger partial charge in [0.1, 0.15) is 16.9 Å². The Labute approximate surface area is 209 Å². The molecule has 8 heteroatoms. The van der Waals surface area contributed by atoms with E-state index in [2.05, 4.69) is 63.4 Å². The zero-order valence-corrected chi connectivity index (χ0v) is 20.8. The summed E-state index contributed by atoms with van der Waals surface area (Å²) in [4.78, 5) is 38.5. The van der Waals surface area contributed by atoms with Crippen molar-refractivity contribution < 1.29 is 4.79 Å². The summed E-state index contributed by atoms with van der Waals surface area (Å²) in [5, 5.41) is 3.71. The Morgan fingerprint density at radius 3 is 2.78 bits per heavy atom. The minimum Gasteiger partial charge on any atom is -0.341 e. The summed E-state index contributed by atoms with van der Waals surface area (Å²) in [6.45, 7) is 8.90. The van der Waals surface area contributed by atoms with Gasteiger partial charge in [-0.05, 0) is 63.9 Å². The van der Waals surface area contributed by atoms with E-state index in [-0.39, 0.29) is 12.1 Å². The molecular weight excluding hydrogens is 452 g/mol. The van der Waals surface area contributed by atoms with Crippen LogP contribution in [0.5, 0.6) is 0 Å². The van der Waals surface area contributed by atoms with Gasteiger partial charge in [0.15, 0.2) is 0 Å². The molecule has 0 spiro atoms. The van der Waals surface area contributed by atoms with Gasteiger partial charge in [0.05, 0.1) is 23.8 Å². The summed E-state index contributed by atoms with van der Waals surface area (Å²) in [7, 11) is 0. The molecule has 1 fully saturated rings. The molecule has 0 bridgehead atoms. The number of aromatic nitrogens is 4. The second kappa shape index (κ2) is 9.96. The summed E-state index contributed by atoms with van der Waals surface area (Å²) in [6, 6.07) is 10.1. The topological polar surface area (TPSA) is 95.9 Å². The number of hydrogen-bond donors (Lipinski definition) is 2. The van der Waals surface area contributed by atoms with Crippen molar-refractivity contribution in [2.24, 2.45) is 0 Å². The average Bonchev–Trinajstić information content (AvgIpc) is 3.23. The first-order chi connectivity index (χ1) is 17.4. The molecule has 0 atom stereocenters. The molecule has 1 amide bonds. The number of piperidine rings is 1. The molecule has 0 saturated carbocycles. The Kier molecular flexibility index (Phi) is 6.57. The van der Waals surface area contributed by atoms with Gasteiger partial charge < -0.3 is 19.8 Å². The van der Waals surface area contributed by atoms with Crippen molar-refractivity contribution in [1.29, 1.82) is 0 Å². The maximum atomic E-state index is 12.2. The molecule has 36 heavy (non-hydrogen) atoms. The number of imidazole rings is 1. The highest BCUT2D eigenvalue weighted by Crippen LogP contribution is 2.32. The van der Waals surface area contributed by atoms with E-state index in [0.29, 0.717) is 12.1 Å². The number of H-pyrrole nitrogens is 1. The van der Waals surface area contributed by atoms with E-state index in [1.165, 1.54) is 12.3 Å². The van der Waals surface area contributed by atoms with E-state index in [0.717, 1.165) is 59.3 Å². The number of carbonyl (C=O) groups excluding carboxylic acids is 1. The Bertz CT molecular complexity index is 1550. The van der Waals surface area contributed by atoms with Gasteiger partial charge in [-0.1, -0.05) is 11.8 Å². The number of nitrogens with zero attached hydrogens (tertiary/aromatic N) is 4. The van der Waals surface area contributed by atoms with Crippen LogP contribution in [-0.2, 0) is 0 Å². The molecule has 0 unspecified atom stereocenters. The van der Waals surface area contributed by atoms with Crippen LogP contribution in [-0.4, -0.2) is 56.0 Å². The SMILES string of the molecule is Cc1nc2cnc3ccc(C#CCNC(=O)c4ccc[nH]c4=O)cc3c2n1C1CCN(C(C)C)CC1. The summed E-state index contributed by atoms with van der Waals surface area (Å²) < 4.78 is 2.39. The number of benzene rings is 1. The Balaban J connectivity index is 1.41. The number of pyridine rings is 2. The van der Waals surface area contributed by atoms with Crippen molar-refractivity contribution in [3.05, 3.63) is 70.0 Å². The van der Waals surface area contributed by atoms with Crippen LogP contribution in [0.4, 0.5) is 0 Å². The summed E-state index contributed by atoms with van der Waals surface area (Å²) >= 11 is 0. The standard InChI is InChI=1S/C28H30N6O2/c1-18(2)33-14-10-21(11-15-33)34-19(3)32-25-17-31-24-9-8-20(16-23(24)26(25)34)6-4-12-29-27(35)22-7-5-13-30-28(22)36/h5,7-9,13,16-18,21H,10-12,14-15H2,1-3H3,(H,29,35)(H,30,36). The smallest absolute Gasteiger partial charge is 0.260 e. The molecule has 1 aliphatic rings. The number of aromatic amines is 1. The largest absolute Gasteiger partial charge is 0.341 e. The molecule has 5 rings (SSSR count). The third-order valence-corrected chi connectivity index (χ3v) is 6.92. The van der Waals surface area contributed by atoms with Gasteiger partial charge in [0.2, 0.25) is 0 Å². The van der Waals surface area contributed by atoms with Gasteiger partial charge in [-0.25, -0.2) is 4.98 Å². The van der Waals surface area contributed by atoms with Crippen LogP contribution < -0.4 is 10.9 Å². The van der Waals surface area contributed by atoms with Crippen LogP contribution in [0.25, 0.3) is 21.9 Å². The fourth-order valence-electron chi connectivity index (χ4n) is 5.04. The lowest BCUT2D eigenvalue weighted by atomic mass is 10.0. The molecular formula is C28H30N6O2. The second-order valence-corrected chi connectivity index (χ2v) is 9.51. The number of nitrogens with one attached hydrogen (secondary N) is 2. The normalized spacial score (nSPS) is 14.8. The molecule has 1 aromatic carbocycles. The maximum absolute atomic E-state index is 12.2. The molecule has 4 heterocycles. The number of likely N-dealkylation sites (tertiary alicyclic amines) is 1. The Hall–Kier alpha value is -3.96. The van der Waals surface area contributed by atoms with E-state index >= 15 is 0 Å². The van der Waals surface area contributed by atoms with Crippen LogP contribution >= 0.6 is 0 Å². The van der Waals surface area contributed by atoms with Crippen molar-refractivity contribution in [1.82, 2.24) is 29.7 Å². The third kappa shape index (κ3) is 4.62. The fourth-order valence-corrected chi connectivity index (χ4v) is 5.04. The van der Waals surface area contributed by atoms with Crippen LogP contribution in [0.1, 0.15) is 54.5 Å². The maximum Gasteiger partial charge on any atom is 0.260 e. The first kappa shape index (κ1) is 23.8. The molecule has 0 radical (unpaired) electrons. The highest BCUT2D eigenvalue weighted by atomic mass is 16.2. The van der Waals surface area contributed by atoms with Crippen LogP contribution in [0.2, 0.25) is 0 Å². The predicted octanol–water partition coefficient (Wildman–Crippen LogP) is 3.41. The highest BCUT2D eigenvalue weighted by molar-refractivity contribution is 6.03. The van der Waals surface area contributed by atoms with Gasteiger partial charge in [-0.3, -0.25) is 14.6 Å². The molecule has 4 aromatic rings. The number of fused-ring (bicyclic) bond motifs is 3. The fraction of sp³-hybridized carbons (Fsp3) is 0.357. The van der Waals surface area contributed by atoms with Crippen molar-refractivity contribution in [2.75, 3.05) is 19.6 Å². The van der Waals surface area contributed by atoms with E-state index in [1.54, 1.807) is 6.07 Å². The molecule has 184 valence electrons. The lowest BCUT2D eigenvalue weighted by molar-refractivity contribution is 0.0957. The number of hydrogen-bond acceptors (Lipinski definition) is 5. The van der Waals surface area contributed by atoms with E-state index < -0.39 is 11.5 Å². The van der Waals surface area contributed by atoms with Crippen LogP contribution in [0.15, 0.2) is 47.5 Å². The lowest BCUT2D eigenvalue weighted by Crippen LogP contribution is -2.39. The highest BCUT2D eigenvalue weighted by Gasteiger charge is 2.25. The van der Waals surface area contributed by atoms with E-state index in [9.17, 15) is 9.59 Å². The van der Waals surface area contributed by atoms with Gasteiger partial charge in [0.25, 0.3) is 11.5 Å². The number of carbonyl (C=O) groups is 1. The Morgan fingerprint density at radius 2 is 2.03 bits per heavy atom. The van der Waals surface area contributed by atoms with E-state index in [4.69, 9.17) is 4.98 Å². The molecule has 2 N–H and O–H groups in total. The summed E-state index contributed by atoms with van der Waals surface area (Å²) in [5.41, 5.74) is 3.41. The van der Waals surface area contributed by atoms with Gasteiger partial charge in [0, 0.05) is 42.3 Å². The molecule has 8 nitrogen and oxygen atoms in total. The first-order valence-electron chi connectivity index (χ1n) is 12.4. The molecule has 1 aliphatic heterocycles. The second-order valence-electron chi connectivity index (χ2n) is 9.51. The third-order valence-electron chi connectivity index (χ3n) is 6.92.